The van der Waals surface area contributed by atoms with E-state index in [0.29, 0.717) is 0 Å². The molecule has 0 saturated carbocycles. The van der Waals surface area contributed by atoms with Crippen LogP contribution >= 0.6 is 0 Å². The second-order valence-corrected chi connectivity index (χ2v) is 3.41. The quantitative estimate of drug-likeness (QED) is 0.751. The van der Waals surface area contributed by atoms with Crippen molar-refractivity contribution in [2.45, 2.75) is 33.2 Å². The number of aryl methyl sites for hydroxylation is 1. The average Bonchev–Trinajstić information content (AvgIpc) is 2.54. The molecule has 0 bridgehead atoms. The maximum Gasteiger partial charge on any atom is 0.0925 e. The summed E-state index contributed by atoms with van der Waals surface area (Å²) in [5.41, 5.74) is 2.49. The van der Waals surface area contributed by atoms with E-state index in [1.807, 2.05) is 0 Å². The first-order chi connectivity index (χ1) is 6.27. The largest absolute Gasteiger partial charge is 0.347 e. The molecular formula is C10H19N3. The molecule has 0 aliphatic carbocycles. The van der Waals surface area contributed by atoms with Gasteiger partial charge in [-0.2, -0.15) is 0 Å². The van der Waals surface area contributed by atoms with Crippen molar-refractivity contribution >= 4 is 0 Å². The second-order valence-electron chi connectivity index (χ2n) is 3.41. The lowest BCUT2D eigenvalue weighted by molar-refractivity contribution is 0.340. The Bertz CT molecular complexity index is 242. The van der Waals surface area contributed by atoms with Crippen LogP contribution in [0.5, 0.6) is 0 Å². The monoisotopic (exact) mass is 181 g/mol. The number of imidazole rings is 1. The van der Waals surface area contributed by atoms with Crippen LogP contribution < -0.4 is 0 Å². The number of aromatic nitrogens is 2. The first kappa shape index (κ1) is 10.3. The van der Waals surface area contributed by atoms with Crippen molar-refractivity contribution in [2.24, 2.45) is 0 Å². The molecule has 0 atom stereocenters. The highest BCUT2D eigenvalue weighted by atomic mass is 15.1. The summed E-state index contributed by atoms with van der Waals surface area (Å²) in [6.07, 6.45) is 4.04. The van der Waals surface area contributed by atoms with Gasteiger partial charge in [-0.1, -0.05) is 20.3 Å². The molecule has 0 fully saturated rings. The zero-order valence-corrected chi connectivity index (χ0v) is 8.80. The number of hydrogen-bond acceptors (Lipinski definition) is 2. The van der Waals surface area contributed by atoms with E-state index < -0.39 is 0 Å². The highest BCUT2D eigenvalue weighted by Crippen LogP contribution is 2.07. The zero-order valence-electron chi connectivity index (χ0n) is 8.80. The minimum absolute atomic E-state index is 0.978. The highest BCUT2D eigenvalue weighted by molar-refractivity contribution is 5.10. The van der Waals surface area contributed by atoms with E-state index >= 15 is 0 Å². The maximum atomic E-state index is 4.31. The van der Waals surface area contributed by atoms with Crippen molar-refractivity contribution in [1.82, 2.24) is 14.9 Å². The Morgan fingerprint density at radius 2 is 2.23 bits per heavy atom. The summed E-state index contributed by atoms with van der Waals surface area (Å²) in [6, 6.07) is 0. The number of rotatable bonds is 5. The van der Waals surface area contributed by atoms with Gasteiger partial charge in [0, 0.05) is 6.54 Å². The van der Waals surface area contributed by atoms with E-state index in [2.05, 4.69) is 35.8 Å². The van der Waals surface area contributed by atoms with E-state index in [1.54, 1.807) is 6.33 Å². The third kappa shape index (κ3) is 2.84. The lowest BCUT2D eigenvalue weighted by Gasteiger charge is -2.13. The molecular weight excluding hydrogens is 162 g/mol. The Morgan fingerprint density at radius 1 is 1.46 bits per heavy atom. The lowest BCUT2D eigenvalue weighted by Crippen LogP contribution is -2.17. The number of nitrogens with one attached hydrogen (secondary N) is 1. The fourth-order valence-corrected chi connectivity index (χ4v) is 1.32. The molecule has 1 N–H and O–H groups in total. The van der Waals surface area contributed by atoms with Crippen LogP contribution in [-0.2, 0) is 13.0 Å². The van der Waals surface area contributed by atoms with Gasteiger partial charge in [0.15, 0.2) is 0 Å². The van der Waals surface area contributed by atoms with Crippen molar-refractivity contribution in [3.05, 3.63) is 17.7 Å². The average molecular weight is 181 g/mol. The SMILES string of the molecule is CCCc1nc[nH]c1CN(C)CC. The van der Waals surface area contributed by atoms with Crippen molar-refractivity contribution in [2.75, 3.05) is 13.6 Å². The van der Waals surface area contributed by atoms with Crippen LogP contribution in [0.3, 0.4) is 0 Å². The summed E-state index contributed by atoms with van der Waals surface area (Å²) in [6.45, 7) is 6.40. The van der Waals surface area contributed by atoms with E-state index in [9.17, 15) is 0 Å². The van der Waals surface area contributed by atoms with Gasteiger partial charge in [0.1, 0.15) is 0 Å². The lowest BCUT2D eigenvalue weighted by atomic mass is 10.2. The number of hydrogen-bond donors (Lipinski definition) is 1. The first-order valence-electron chi connectivity index (χ1n) is 4.97. The smallest absolute Gasteiger partial charge is 0.0925 e. The van der Waals surface area contributed by atoms with Gasteiger partial charge in [-0.25, -0.2) is 4.98 Å². The summed E-state index contributed by atoms with van der Waals surface area (Å²) in [5.74, 6) is 0. The van der Waals surface area contributed by atoms with Gasteiger partial charge in [-0.05, 0) is 20.0 Å². The molecule has 0 aliphatic rings. The van der Waals surface area contributed by atoms with Crippen LogP contribution in [0.1, 0.15) is 31.7 Å². The molecule has 0 amide bonds. The number of aromatic amines is 1. The molecule has 1 rings (SSSR count). The Hall–Kier alpha value is -0.830. The molecule has 1 aromatic heterocycles. The topological polar surface area (TPSA) is 31.9 Å². The molecule has 0 radical (unpaired) electrons. The number of nitrogens with zero attached hydrogens (tertiary/aromatic N) is 2. The summed E-state index contributed by atoms with van der Waals surface area (Å²) in [7, 11) is 2.12. The second kappa shape index (κ2) is 5.02. The highest BCUT2D eigenvalue weighted by Gasteiger charge is 2.05. The van der Waals surface area contributed by atoms with Crippen LogP contribution in [0.25, 0.3) is 0 Å². The van der Waals surface area contributed by atoms with Crippen LogP contribution in [0.4, 0.5) is 0 Å². The molecule has 3 nitrogen and oxygen atoms in total. The van der Waals surface area contributed by atoms with E-state index in [0.717, 1.165) is 25.9 Å². The fraction of sp³-hybridized carbons (Fsp3) is 0.700. The molecule has 0 saturated heterocycles. The Labute approximate surface area is 80.2 Å². The minimum atomic E-state index is 0.978. The minimum Gasteiger partial charge on any atom is -0.347 e. The van der Waals surface area contributed by atoms with Gasteiger partial charge in [-0.3, -0.25) is 0 Å². The predicted octanol–water partition coefficient (Wildman–Crippen LogP) is 1.81. The van der Waals surface area contributed by atoms with Gasteiger partial charge < -0.3 is 9.88 Å². The third-order valence-corrected chi connectivity index (χ3v) is 2.26. The van der Waals surface area contributed by atoms with Gasteiger partial charge in [-0.15, -0.1) is 0 Å². The Balaban J connectivity index is 2.59. The van der Waals surface area contributed by atoms with E-state index in [4.69, 9.17) is 0 Å². The molecule has 13 heavy (non-hydrogen) atoms. The fourth-order valence-electron chi connectivity index (χ4n) is 1.32. The standard InChI is InChI=1S/C10H19N3/c1-4-6-9-10(12-8-11-9)7-13(3)5-2/h8H,4-7H2,1-3H3,(H,11,12). The summed E-state index contributed by atoms with van der Waals surface area (Å²) in [5, 5.41) is 0. The van der Waals surface area contributed by atoms with Gasteiger partial charge in [0.05, 0.1) is 17.7 Å². The van der Waals surface area contributed by atoms with Crippen molar-refractivity contribution in [1.29, 1.82) is 0 Å². The third-order valence-electron chi connectivity index (χ3n) is 2.26. The summed E-state index contributed by atoms with van der Waals surface area (Å²) < 4.78 is 0. The van der Waals surface area contributed by atoms with Gasteiger partial charge in [0.25, 0.3) is 0 Å². The Morgan fingerprint density at radius 3 is 2.85 bits per heavy atom. The number of H-pyrrole nitrogens is 1. The van der Waals surface area contributed by atoms with Crippen molar-refractivity contribution in [3.8, 4) is 0 Å². The maximum absolute atomic E-state index is 4.31. The van der Waals surface area contributed by atoms with Crippen molar-refractivity contribution < 1.29 is 0 Å². The molecule has 1 heterocycles. The molecule has 0 aromatic carbocycles. The zero-order chi connectivity index (χ0) is 9.68. The summed E-state index contributed by atoms with van der Waals surface area (Å²) in [4.78, 5) is 9.78. The van der Waals surface area contributed by atoms with Crippen LogP contribution in [0.2, 0.25) is 0 Å². The molecule has 1 aromatic rings. The molecule has 0 unspecified atom stereocenters. The molecule has 3 heteroatoms. The normalized spacial score (nSPS) is 11.1. The molecule has 0 aliphatic heterocycles. The van der Waals surface area contributed by atoms with E-state index in [1.165, 1.54) is 11.4 Å². The van der Waals surface area contributed by atoms with E-state index in [-0.39, 0.29) is 0 Å². The van der Waals surface area contributed by atoms with Crippen LogP contribution in [0, 0.1) is 0 Å². The molecule has 0 spiro atoms. The van der Waals surface area contributed by atoms with Crippen molar-refractivity contribution in [3.63, 3.8) is 0 Å². The van der Waals surface area contributed by atoms with Crippen LogP contribution in [-0.4, -0.2) is 28.5 Å². The van der Waals surface area contributed by atoms with Crippen LogP contribution in [0.15, 0.2) is 6.33 Å². The molecule has 74 valence electrons. The summed E-state index contributed by atoms with van der Waals surface area (Å²) >= 11 is 0. The van der Waals surface area contributed by atoms with Gasteiger partial charge in [0.2, 0.25) is 0 Å². The Kier molecular flexibility index (Phi) is 3.96. The van der Waals surface area contributed by atoms with Gasteiger partial charge >= 0.3 is 0 Å². The first-order valence-corrected chi connectivity index (χ1v) is 4.97. The predicted molar refractivity (Wildman–Crippen MR) is 54.6 cm³/mol.